The topological polar surface area (TPSA) is 73.0 Å². The van der Waals surface area contributed by atoms with Gasteiger partial charge in [-0.1, -0.05) is 12.1 Å². The number of aromatic nitrogens is 4. The first-order valence-electron chi connectivity index (χ1n) is 9.29. The zero-order valence-corrected chi connectivity index (χ0v) is 14.9. The van der Waals surface area contributed by atoms with Gasteiger partial charge in [0.15, 0.2) is 5.82 Å². The number of benzene rings is 1. The van der Waals surface area contributed by atoms with Gasteiger partial charge in [0.1, 0.15) is 5.82 Å². The lowest BCUT2D eigenvalue weighted by Gasteiger charge is -2.32. The second-order valence-corrected chi connectivity index (χ2v) is 7.29. The number of rotatable bonds is 4. The number of hydrogen-bond acceptors (Lipinski definition) is 6. The summed E-state index contributed by atoms with van der Waals surface area (Å²) in [7, 11) is 2.15. The average molecular weight is 349 g/mol. The van der Waals surface area contributed by atoms with Crippen LogP contribution in [0.4, 0.5) is 17.6 Å². The highest BCUT2D eigenvalue weighted by atomic mass is 15.3. The van der Waals surface area contributed by atoms with Crippen molar-refractivity contribution >= 4 is 28.5 Å². The largest absolute Gasteiger partial charge is 0.338 e. The quantitative estimate of drug-likeness (QED) is 0.754. The van der Waals surface area contributed by atoms with Gasteiger partial charge in [-0.25, -0.2) is 4.98 Å². The first-order chi connectivity index (χ1) is 12.8. The van der Waals surface area contributed by atoms with Crippen molar-refractivity contribution in [2.45, 2.75) is 18.8 Å². The maximum Gasteiger partial charge on any atom is 0.227 e. The summed E-state index contributed by atoms with van der Waals surface area (Å²) in [6.45, 7) is 3.96. The van der Waals surface area contributed by atoms with Crippen LogP contribution >= 0.6 is 0 Å². The Morgan fingerprint density at radius 3 is 2.69 bits per heavy atom. The Bertz CT molecular complexity index is 923. The molecule has 1 aliphatic carbocycles. The molecule has 0 unspecified atom stereocenters. The predicted octanol–water partition coefficient (Wildman–Crippen LogP) is 2.73. The SMILES string of the molecule is CN1CCN(c2nc(Nc3cc(C4CC4)[nH]n3)c3ccccc3n2)CC1. The van der Waals surface area contributed by atoms with Crippen molar-refractivity contribution in [3.63, 3.8) is 0 Å². The van der Waals surface area contributed by atoms with E-state index in [4.69, 9.17) is 9.97 Å². The molecular formula is C19H23N7. The Balaban J connectivity index is 1.49. The predicted molar refractivity (Wildman–Crippen MR) is 103 cm³/mol. The summed E-state index contributed by atoms with van der Waals surface area (Å²) < 4.78 is 0. The lowest BCUT2D eigenvalue weighted by atomic mass is 10.2. The van der Waals surface area contributed by atoms with Gasteiger partial charge in [-0.3, -0.25) is 5.10 Å². The summed E-state index contributed by atoms with van der Waals surface area (Å²) in [6, 6.07) is 10.2. The molecule has 1 saturated carbocycles. The molecule has 0 spiro atoms. The van der Waals surface area contributed by atoms with E-state index in [1.54, 1.807) is 0 Å². The second kappa shape index (κ2) is 6.25. The Kier molecular flexibility index (Phi) is 3.74. The molecular weight excluding hydrogens is 326 g/mol. The third-order valence-corrected chi connectivity index (χ3v) is 5.24. The first-order valence-corrected chi connectivity index (χ1v) is 9.29. The molecule has 134 valence electrons. The second-order valence-electron chi connectivity index (χ2n) is 7.29. The Hall–Kier alpha value is -2.67. The summed E-state index contributed by atoms with van der Waals surface area (Å²) in [5, 5.41) is 12.0. The van der Waals surface area contributed by atoms with Crippen LogP contribution in [0, 0.1) is 0 Å². The fraction of sp³-hybridized carbons (Fsp3) is 0.421. The summed E-state index contributed by atoms with van der Waals surface area (Å²) in [6.07, 6.45) is 2.51. The minimum atomic E-state index is 0.654. The van der Waals surface area contributed by atoms with Crippen LogP contribution in [-0.2, 0) is 0 Å². The van der Waals surface area contributed by atoms with E-state index in [0.717, 1.165) is 54.7 Å². The fourth-order valence-electron chi connectivity index (χ4n) is 3.43. The number of nitrogens with zero attached hydrogens (tertiary/aromatic N) is 5. The summed E-state index contributed by atoms with van der Waals surface area (Å²) in [5.74, 6) is 3.08. The van der Waals surface area contributed by atoms with E-state index in [2.05, 4.69) is 44.5 Å². The molecule has 0 bridgehead atoms. The van der Waals surface area contributed by atoms with Crippen molar-refractivity contribution in [3.05, 3.63) is 36.0 Å². The minimum Gasteiger partial charge on any atom is -0.338 e. The van der Waals surface area contributed by atoms with Gasteiger partial charge in [-0.15, -0.1) is 0 Å². The van der Waals surface area contributed by atoms with Crippen LogP contribution in [0.5, 0.6) is 0 Å². The van der Waals surface area contributed by atoms with Crippen molar-refractivity contribution in [2.24, 2.45) is 0 Å². The van der Waals surface area contributed by atoms with Crippen molar-refractivity contribution in [1.29, 1.82) is 0 Å². The molecule has 26 heavy (non-hydrogen) atoms. The molecule has 7 heteroatoms. The molecule has 3 heterocycles. The molecule has 1 aliphatic heterocycles. The fourth-order valence-corrected chi connectivity index (χ4v) is 3.43. The van der Waals surface area contributed by atoms with Crippen molar-refractivity contribution < 1.29 is 0 Å². The van der Waals surface area contributed by atoms with E-state index in [9.17, 15) is 0 Å². The van der Waals surface area contributed by atoms with E-state index in [1.165, 1.54) is 18.5 Å². The van der Waals surface area contributed by atoms with Gasteiger partial charge in [0.2, 0.25) is 5.95 Å². The van der Waals surface area contributed by atoms with Crippen molar-refractivity contribution in [1.82, 2.24) is 25.1 Å². The molecule has 0 atom stereocenters. The molecule has 1 aromatic carbocycles. The van der Waals surface area contributed by atoms with Gasteiger partial charge in [-0.05, 0) is 32.0 Å². The smallest absolute Gasteiger partial charge is 0.227 e. The zero-order chi connectivity index (χ0) is 17.5. The maximum absolute atomic E-state index is 4.85. The van der Waals surface area contributed by atoms with E-state index in [0.29, 0.717) is 5.92 Å². The number of nitrogens with one attached hydrogen (secondary N) is 2. The molecule has 2 aromatic heterocycles. The highest BCUT2D eigenvalue weighted by molar-refractivity contribution is 5.91. The Labute approximate surface area is 152 Å². The molecule has 2 N–H and O–H groups in total. The normalized spacial score (nSPS) is 18.4. The molecule has 2 aliphatic rings. The van der Waals surface area contributed by atoms with E-state index in [1.807, 2.05) is 18.2 Å². The molecule has 0 radical (unpaired) electrons. The van der Waals surface area contributed by atoms with Crippen molar-refractivity contribution in [3.8, 4) is 0 Å². The van der Waals surface area contributed by atoms with E-state index in [-0.39, 0.29) is 0 Å². The van der Waals surface area contributed by atoms with Crippen LogP contribution in [-0.4, -0.2) is 58.3 Å². The lowest BCUT2D eigenvalue weighted by Crippen LogP contribution is -2.45. The monoisotopic (exact) mass is 349 g/mol. The third kappa shape index (κ3) is 2.99. The van der Waals surface area contributed by atoms with Crippen LogP contribution < -0.4 is 10.2 Å². The summed E-state index contributed by atoms with van der Waals surface area (Å²) >= 11 is 0. The van der Waals surface area contributed by atoms with Crippen molar-refractivity contribution in [2.75, 3.05) is 43.4 Å². The van der Waals surface area contributed by atoms with Gasteiger partial charge in [0.25, 0.3) is 0 Å². The van der Waals surface area contributed by atoms with Crippen LogP contribution in [0.1, 0.15) is 24.5 Å². The lowest BCUT2D eigenvalue weighted by molar-refractivity contribution is 0.311. The summed E-state index contributed by atoms with van der Waals surface area (Å²) in [4.78, 5) is 14.2. The number of fused-ring (bicyclic) bond motifs is 1. The number of anilines is 3. The highest BCUT2D eigenvalue weighted by Crippen LogP contribution is 2.39. The number of likely N-dealkylation sites (N-methyl/N-ethyl adjacent to an activating group) is 1. The van der Waals surface area contributed by atoms with Gasteiger partial charge >= 0.3 is 0 Å². The third-order valence-electron chi connectivity index (χ3n) is 5.24. The first kappa shape index (κ1) is 15.6. The average Bonchev–Trinajstić information content (AvgIpc) is 3.42. The molecule has 5 rings (SSSR count). The number of piperazine rings is 1. The number of aromatic amines is 1. The zero-order valence-electron chi connectivity index (χ0n) is 14.9. The molecule has 7 nitrogen and oxygen atoms in total. The van der Waals surface area contributed by atoms with E-state index < -0.39 is 0 Å². The number of hydrogen-bond donors (Lipinski definition) is 2. The van der Waals surface area contributed by atoms with Crippen LogP contribution in [0.3, 0.4) is 0 Å². The van der Waals surface area contributed by atoms with Crippen LogP contribution in [0.15, 0.2) is 30.3 Å². The Morgan fingerprint density at radius 1 is 1.08 bits per heavy atom. The molecule has 0 amide bonds. The standard InChI is InChI=1S/C19H23N7/c1-25-8-10-26(11-9-25)19-20-15-5-3-2-4-14(15)18(22-19)21-17-12-16(23-24-17)13-6-7-13/h2-5,12-13H,6-11H2,1H3,(H2,20,21,22,23,24). The molecule has 1 saturated heterocycles. The number of para-hydroxylation sites is 1. The van der Waals surface area contributed by atoms with Gasteiger partial charge < -0.3 is 15.1 Å². The van der Waals surface area contributed by atoms with Crippen LogP contribution in [0.25, 0.3) is 10.9 Å². The minimum absolute atomic E-state index is 0.654. The van der Waals surface area contributed by atoms with Crippen LogP contribution in [0.2, 0.25) is 0 Å². The van der Waals surface area contributed by atoms with Gasteiger partial charge in [-0.2, -0.15) is 10.1 Å². The maximum atomic E-state index is 4.85. The van der Waals surface area contributed by atoms with E-state index >= 15 is 0 Å². The Morgan fingerprint density at radius 2 is 1.88 bits per heavy atom. The summed E-state index contributed by atoms with van der Waals surface area (Å²) in [5.41, 5.74) is 2.17. The van der Waals surface area contributed by atoms with Gasteiger partial charge in [0, 0.05) is 49.2 Å². The van der Waals surface area contributed by atoms with Gasteiger partial charge in [0.05, 0.1) is 5.52 Å². The molecule has 2 fully saturated rings. The molecule has 3 aromatic rings. The number of H-pyrrole nitrogens is 1. The highest BCUT2D eigenvalue weighted by Gasteiger charge is 2.26.